The molecule has 1 saturated heterocycles. The van der Waals surface area contributed by atoms with Crippen LogP contribution in [0.3, 0.4) is 0 Å². The standard InChI is InChI=1S/C26H29F3N4O3S/c1-2-13-30-25(35)33-14-11-18(12-15-33)24-32-22(16-37-24)23(34)31-21-6-4-3-5-20(21)17-7-9-19(10-8-17)36-26(27,28)29/h3-10,16,18,23,31,34H,2,11-15H2,1H3,(H,30,35). The molecule has 3 N–H and O–H groups in total. The molecule has 4 rings (SSSR count). The van der Waals surface area contributed by atoms with Gasteiger partial charge in [0, 0.05) is 42.2 Å². The third kappa shape index (κ3) is 7.14. The van der Waals surface area contributed by atoms with Gasteiger partial charge in [-0.25, -0.2) is 9.78 Å². The average molecular weight is 535 g/mol. The number of amides is 2. The van der Waals surface area contributed by atoms with E-state index >= 15 is 0 Å². The number of alkyl halides is 3. The maximum absolute atomic E-state index is 12.5. The van der Waals surface area contributed by atoms with E-state index in [1.807, 2.05) is 29.3 Å². The van der Waals surface area contributed by atoms with E-state index in [-0.39, 0.29) is 17.7 Å². The maximum atomic E-state index is 12.5. The Balaban J connectivity index is 1.39. The van der Waals surface area contributed by atoms with E-state index in [2.05, 4.69) is 20.4 Å². The number of aromatic nitrogens is 1. The van der Waals surface area contributed by atoms with E-state index in [0.29, 0.717) is 42.1 Å². The van der Waals surface area contributed by atoms with Gasteiger partial charge < -0.3 is 25.4 Å². The van der Waals surface area contributed by atoms with Gasteiger partial charge in [0.25, 0.3) is 0 Å². The molecule has 0 radical (unpaired) electrons. The largest absolute Gasteiger partial charge is 0.573 e. The number of nitrogens with zero attached hydrogens (tertiary/aromatic N) is 2. The molecular weight excluding hydrogens is 505 g/mol. The van der Waals surface area contributed by atoms with E-state index < -0.39 is 12.6 Å². The second-order valence-corrected chi connectivity index (χ2v) is 9.66. The highest BCUT2D eigenvalue weighted by Gasteiger charge is 2.31. The summed E-state index contributed by atoms with van der Waals surface area (Å²) < 4.78 is 41.3. The number of ether oxygens (including phenoxy) is 1. The fourth-order valence-electron chi connectivity index (χ4n) is 4.21. The van der Waals surface area contributed by atoms with Crippen LogP contribution in [-0.2, 0) is 0 Å². The summed E-state index contributed by atoms with van der Waals surface area (Å²) >= 11 is 1.49. The van der Waals surface area contributed by atoms with E-state index in [1.54, 1.807) is 12.1 Å². The molecule has 2 heterocycles. The predicted octanol–water partition coefficient (Wildman–Crippen LogP) is 6.11. The summed E-state index contributed by atoms with van der Waals surface area (Å²) in [6.45, 7) is 4.01. The highest BCUT2D eigenvalue weighted by Crippen LogP contribution is 2.34. The zero-order chi connectivity index (χ0) is 26.4. The molecule has 3 aromatic rings. The summed E-state index contributed by atoms with van der Waals surface area (Å²) in [6, 6.07) is 12.7. The van der Waals surface area contributed by atoms with Crippen LogP contribution in [0.5, 0.6) is 5.75 Å². The monoisotopic (exact) mass is 534 g/mol. The Morgan fingerprint density at radius 2 is 1.89 bits per heavy atom. The summed E-state index contributed by atoms with van der Waals surface area (Å²) in [5, 5.41) is 19.6. The molecule has 198 valence electrons. The highest BCUT2D eigenvalue weighted by molar-refractivity contribution is 7.09. The van der Waals surface area contributed by atoms with Gasteiger partial charge in [0.1, 0.15) is 11.4 Å². The number of hydrogen-bond acceptors (Lipinski definition) is 6. The topological polar surface area (TPSA) is 86.7 Å². The minimum atomic E-state index is -4.75. The fourth-order valence-corrected chi connectivity index (χ4v) is 5.21. The summed E-state index contributed by atoms with van der Waals surface area (Å²) in [6.07, 6.45) is -3.30. The molecule has 2 aromatic carbocycles. The first kappa shape index (κ1) is 26.7. The van der Waals surface area contributed by atoms with Crippen LogP contribution in [-0.4, -0.2) is 47.0 Å². The lowest BCUT2D eigenvalue weighted by molar-refractivity contribution is -0.274. The van der Waals surface area contributed by atoms with Crippen molar-refractivity contribution in [3.05, 3.63) is 64.6 Å². The Morgan fingerprint density at radius 1 is 1.19 bits per heavy atom. The molecule has 0 bridgehead atoms. The lowest BCUT2D eigenvalue weighted by Crippen LogP contribution is -2.44. The lowest BCUT2D eigenvalue weighted by Gasteiger charge is -2.31. The summed E-state index contributed by atoms with van der Waals surface area (Å²) in [7, 11) is 0. The number of para-hydroxylation sites is 1. The normalized spacial score (nSPS) is 15.3. The molecule has 7 nitrogen and oxygen atoms in total. The number of urea groups is 1. The number of anilines is 1. The van der Waals surface area contributed by atoms with Crippen LogP contribution in [0.4, 0.5) is 23.7 Å². The Hall–Kier alpha value is -3.31. The third-order valence-electron chi connectivity index (χ3n) is 6.10. The molecule has 1 aliphatic rings. The average Bonchev–Trinajstić information content (AvgIpc) is 3.38. The number of hydrogen-bond donors (Lipinski definition) is 3. The molecule has 1 fully saturated rings. The van der Waals surface area contributed by atoms with Crippen LogP contribution < -0.4 is 15.4 Å². The lowest BCUT2D eigenvalue weighted by atomic mass is 9.98. The number of carbonyl (C=O) groups excluding carboxylic acids is 1. The van der Waals surface area contributed by atoms with Crippen molar-refractivity contribution in [2.75, 3.05) is 25.0 Å². The Labute approximate surface area is 217 Å². The number of halogens is 3. The van der Waals surface area contributed by atoms with E-state index in [4.69, 9.17) is 0 Å². The fraction of sp³-hybridized carbons (Fsp3) is 0.385. The second kappa shape index (κ2) is 11.8. The van der Waals surface area contributed by atoms with E-state index in [9.17, 15) is 23.1 Å². The molecule has 1 atom stereocenters. The maximum Gasteiger partial charge on any atom is 0.573 e. The Kier molecular flexibility index (Phi) is 8.55. The van der Waals surface area contributed by atoms with Crippen molar-refractivity contribution in [3.8, 4) is 16.9 Å². The van der Waals surface area contributed by atoms with E-state index in [0.717, 1.165) is 24.3 Å². The molecule has 11 heteroatoms. The molecule has 1 unspecified atom stereocenters. The first-order chi connectivity index (χ1) is 17.7. The third-order valence-corrected chi connectivity index (χ3v) is 7.12. The second-order valence-electron chi connectivity index (χ2n) is 8.77. The van der Waals surface area contributed by atoms with Crippen molar-refractivity contribution in [1.29, 1.82) is 0 Å². The molecule has 1 aromatic heterocycles. The smallest absolute Gasteiger partial charge is 0.406 e. The van der Waals surface area contributed by atoms with Crippen molar-refractivity contribution in [2.45, 2.75) is 44.7 Å². The Bertz CT molecular complexity index is 1180. The van der Waals surface area contributed by atoms with Gasteiger partial charge in [0.15, 0.2) is 6.23 Å². The van der Waals surface area contributed by atoms with E-state index in [1.165, 1.54) is 35.6 Å². The molecule has 0 spiro atoms. The molecule has 2 amide bonds. The summed E-state index contributed by atoms with van der Waals surface area (Å²) in [5.41, 5.74) is 2.48. The van der Waals surface area contributed by atoms with Crippen LogP contribution in [0.25, 0.3) is 11.1 Å². The van der Waals surface area contributed by atoms with Crippen molar-refractivity contribution >= 4 is 23.1 Å². The van der Waals surface area contributed by atoms with Crippen molar-refractivity contribution in [3.63, 3.8) is 0 Å². The van der Waals surface area contributed by atoms with Crippen LogP contribution in [0.1, 0.15) is 49.0 Å². The minimum Gasteiger partial charge on any atom is -0.406 e. The van der Waals surface area contributed by atoms with Crippen LogP contribution in [0, 0.1) is 0 Å². The molecule has 1 aliphatic heterocycles. The predicted molar refractivity (Wildman–Crippen MR) is 136 cm³/mol. The summed E-state index contributed by atoms with van der Waals surface area (Å²) in [5.74, 6) is -0.0740. The number of aliphatic hydroxyl groups is 1. The molecular formula is C26H29F3N4O3S. The zero-order valence-corrected chi connectivity index (χ0v) is 21.1. The van der Waals surface area contributed by atoms with Gasteiger partial charge in [0.2, 0.25) is 0 Å². The van der Waals surface area contributed by atoms with Crippen molar-refractivity contribution < 1.29 is 27.8 Å². The molecule has 0 saturated carbocycles. The SMILES string of the molecule is CCCNC(=O)N1CCC(c2nc(C(O)Nc3ccccc3-c3ccc(OC(F)(F)F)cc3)cs2)CC1. The van der Waals surface area contributed by atoms with Gasteiger partial charge in [0.05, 0.1) is 5.01 Å². The highest BCUT2D eigenvalue weighted by atomic mass is 32.1. The summed E-state index contributed by atoms with van der Waals surface area (Å²) in [4.78, 5) is 18.7. The van der Waals surface area contributed by atoms with Crippen LogP contribution in [0.15, 0.2) is 53.9 Å². The van der Waals surface area contributed by atoms with Gasteiger partial charge in [-0.2, -0.15) is 0 Å². The number of aliphatic hydroxyl groups excluding tert-OH is 1. The minimum absolute atomic E-state index is 0.0269. The molecule has 37 heavy (non-hydrogen) atoms. The van der Waals surface area contributed by atoms with Crippen molar-refractivity contribution in [1.82, 2.24) is 15.2 Å². The number of piperidine rings is 1. The van der Waals surface area contributed by atoms with Gasteiger partial charge in [-0.3, -0.25) is 0 Å². The van der Waals surface area contributed by atoms with Crippen LogP contribution >= 0.6 is 11.3 Å². The first-order valence-electron chi connectivity index (χ1n) is 12.1. The molecule has 0 aliphatic carbocycles. The van der Waals surface area contributed by atoms with Gasteiger partial charge in [-0.15, -0.1) is 24.5 Å². The zero-order valence-electron chi connectivity index (χ0n) is 20.3. The number of benzene rings is 2. The number of likely N-dealkylation sites (tertiary alicyclic amines) is 1. The van der Waals surface area contributed by atoms with Crippen LogP contribution in [0.2, 0.25) is 0 Å². The first-order valence-corrected chi connectivity index (χ1v) is 13.0. The number of thiazole rings is 1. The quantitative estimate of drug-likeness (QED) is 0.304. The van der Waals surface area contributed by atoms with Gasteiger partial charge in [-0.05, 0) is 43.0 Å². The number of rotatable bonds is 8. The number of nitrogens with one attached hydrogen (secondary N) is 2. The number of carbonyl (C=O) groups is 1. The van der Waals surface area contributed by atoms with Gasteiger partial charge >= 0.3 is 12.4 Å². The Morgan fingerprint density at radius 3 is 2.57 bits per heavy atom. The van der Waals surface area contributed by atoms with Gasteiger partial charge in [-0.1, -0.05) is 37.3 Å². The van der Waals surface area contributed by atoms with Crippen molar-refractivity contribution in [2.24, 2.45) is 0 Å².